The van der Waals surface area contributed by atoms with E-state index >= 15 is 0 Å². The second-order valence-corrected chi connectivity index (χ2v) is 4.50. The highest BCUT2D eigenvalue weighted by atomic mass is 19.1. The Labute approximate surface area is 115 Å². The van der Waals surface area contributed by atoms with E-state index in [-0.39, 0.29) is 0 Å². The number of nitrogens with zero attached hydrogens (tertiary/aromatic N) is 1. The summed E-state index contributed by atoms with van der Waals surface area (Å²) in [6.45, 7) is 0.303. The molecular formula is C16H12F2N2. The largest absolute Gasteiger partial charge is 0.381 e. The predicted octanol–water partition coefficient (Wildman–Crippen LogP) is 4.13. The first-order chi connectivity index (χ1) is 9.72. The van der Waals surface area contributed by atoms with Crippen molar-refractivity contribution in [2.75, 3.05) is 5.32 Å². The zero-order valence-electron chi connectivity index (χ0n) is 10.6. The molecule has 0 aliphatic heterocycles. The van der Waals surface area contributed by atoms with Crippen molar-refractivity contribution in [3.8, 4) is 0 Å². The van der Waals surface area contributed by atoms with Gasteiger partial charge in [-0.05, 0) is 30.3 Å². The molecule has 0 aliphatic rings. The van der Waals surface area contributed by atoms with Gasteiger partial charge in [0.05, 0.1) is 5.52 Å². The zero-order chi connectivity index (χ0) is 13.9. The first kappa shape index (κ1) is 12.5. The van der Waals surface area contributed by atoms with Crippen LogP contribution in [-0.4, -0.2) is 4.98 Å². The van der Waals surface area contributed by atoms with E-state index < -0.39 is 11.6 Å². The third-order valence-electron chi connectivity index (χ3n) is 3.10. The lowest BCUT2D eigenvalue weighted by molar-refractivity contribution is 0.574. The minimum Gasteiger partial charge on any atom is -0.381 e. The molecule has 0 saturated heterocycles. The lowest BCUT2D eigenvalue weighted by atomic mass is 10.1. The summed E-state index contributed by atoms with van der Waals surface area (Å²) in [4.78, 5) is 4.23. The van der Waals surface area contributed by atoms with Gasteiger partial charge in [0.25, 0.3) is 0 Å². The Morgan fingerprint density at radius 1 is 1.00 bits per heavy atom. The fraction of sp³-hybridized carbons (Fsp3) is 0.0625. The van der Waals surface area contributed by atoms with Crippen LogP contribution in [0.5, 0.6) is 0 Å². The van der Waals surface area contributed by atoms with Crippen LogP contribution in [0, 0.1) is 11.6 Å². The highest BCUT2D eigenvalue weighted by molar-refractivity contribution is 5.82. The number of halogens is 2. The van der Waals surface area contributed by atoms with Crippen molar-refractivity contribution in [3.05, 3.63) is 71.9 Å². The SMILES string of the molecule is Fc1ccc(CNc2ccc3ncccc3c2)c(F)c1. The van der Waals surface area contributed by atoms with Crippen LogP contribution in [0.1, 0.15) is 5.56 Å². The Hall–Kier alpha value is -2.49. The number of benzene rings is 2. The maximum atomic E-state index is 13.5. The average Bonchev–Trinajstić information content (AvgIpc) is 2.46. The molecule has 4 heteroatoms. The first-order valence-electron chi connectivity index (χ1n) is 6.25. The molecular weight excluding hydrogens is 258 g/mol. The molecule has 0 atom stereocenters. The van der Waals surface area contributed by atoms with E-state index in [0.29, 0.717) is 12.1 Å². The molecule has 0 aliphatic carbocycles. The van der Waals surface area contributed by atoms with Gasteiger partial charge in [-0.3, -0.25) is 4.98 Å². The number of nitrogens with one attached hydrogen (secondary N) is 1. The summed E-state index contributed by atoms with van der Waals surface area (Å²) in [7, 11) is 0. The van der Waals surface area contributed by atoms with Crippen LogP contribution in [0.3, 0.4) is 0 Å². The van der Waals surface area contributed by atoms with Gasteiger partial charge in [0.2, 0.25) is 0 Å². The van der Waals surface area contributed by atoms with E-state index in [0.717, 1.165) is 22.7 Å². The molecule has 0 unspecified atom stereocenters. The third-order valence-corrected chi connectivity index (χ3v) is 3.10. The summed E-state index contributed by atoms with van der Waals surface area (Å²) in [6.07, 6.45) is 1.74. The Morgan fingerprint density at radius 3 is 2.75 bits per heavy atom. The van der Waals surface area contributed by atoms with Crippen molar-refractivity contribution in [1.82, 2.24) is 4.98 Å². The Kier molecular flexibility index (Phi) is 3.29. The highest BCUT2D eigenvalue weighted by Gasteiger charge is 2.04. The minimum atomic E-state index is -0.567. The lowest BCUT2D eigenvalue weighted by Crippen LogP contribution is -2.02. The number of fused-ring (bicyclic) bond motifs is 1. The summed E-state index contributed by atoms with van der Waals surface area (Å²) in [5.41, 5.74) is 2.21. The van der Waals surface area contributed by atoms with Gasteiger partial charge in [-0.2, -0.15) is 0 Å². The van der Waals surface area contributed by atoms with Crippen molar-refractivity contribution in [1.29, 1.82) is 0 Å². The number of anilines is 1. The molecule has 3 rings (SSSR count). The molecule has 0 saturated carbocycles. The molecule has 100 valence electrons. The molecule has 1 N–H and O–H groups in total. The number of hydrogen-bond acceptors (Lipinski definition) is 2. The maximum absolute atomic E-state index is 13.5. The van der Waals surface area contributed by atoms with Gasteiger partial charge in [0.15, 0.2) is 0 Å². The smallest absolute Gasteiger partial charge is 0.131 e. The fourth-order valence-corrected chi connectivity index (χ4v) is 2.05. The summed E-state index contributed by atoms with van der Waals surface area (Å²) in [6, 6.07) is 13.2. The normalized spacial score (nSPS) is 10.7. The highest BCUT2D eigenvalue weighted by Crippen LogP contribution is 2.18. The summed E-state index contributed by atoms with van der Waals surface area (Å²) in [5, 5.41) is 4.13. The monoisotopic (exact) mass is 270 g/mol. The van der Waals surface area contributed by atoms with Crippen LogP contribution in [0.2, 0.25) is 0 Å². The molecule has 1 heterocycles. The van der Waals surface area contributed by atoms with Crippen molar-refractivity contribution in [2.24, 2.45) is 0 Å². The van der Waals surface area contributed by atoms with E-state index in [9.17, 15) is 8.78 Å². The third kappa shape index (κ3) is 2.59. The molecule has 20 heavy (non-hydrogen) atoms. The van der Waals surface area contributed by atoms with Gasteiger partial charge < -0.3 is 5.32 Å². The predicted molar refractivity (Wildman–Crippen MR) is 75.4 cm³/mol. The quantitative estimate of drug-likeness (QED) is 0.774. The van der Waals surface area contributed by atoms with Gasteiger partial charge in [-0.15, -0.1) is 0 Å². The molecule has 2 nitrogen and oxygen atoms in total. The van der Waals surface area contributed by atoms with E-state index in [1.165, 1.54) is 12.1 Å². The van der Waals surface area contributed by atoms with Crippen molar-refractivity contribution in [2.45, 2.75) is 6.54 Å². The second kappa shape index (κ2) is 5.25. The van der Waals surface area contributed by atoms with Crippen molar-refractivity contribution >= 4 is 16.6 Å². The van der Waals surface area contributed by atoms with E-state index in [2.05, 4.69) is 10.3 Å². The Morgan fingerprint density at radius 2 is 1.90 bits per heavy atom. The van der Waals surface area contributed by atoms with Gasteiger partial charge in [-0.25, -0.2) is 8.78 Å². The second-order valence-electron chi connectivity index (χ2n) is 4.50. The minimum absolute atomic E-state index is 0.303. The van der Waals surface area contributed by atoms with Crippen molar-refractivity contribution < 1.29 is 8.78 Å². The Balaban J connectivity index is 1.79. The molecule has 2 aromatic carbocycles. The Bertz CT molecular complexity index is 756. The van der Waals surface area contributed by atoms with E-state index in [4.69, 9.17) is 0 Å². The molecule has 3 aromatic rings. The van der Waals surface area contributed by atoms with Crippen LogP contribution in [0.4, 0.5) is 14.5 Å². The van der Waals surface area contributed by atoms with Crippen LogP contribution in [-0.2, 0) is 6.54 Å². The van der Waals surface area contributed by atoms with E-state index in [1.54, 1.807) is 6.20 Å². The molecule has 0 fully saturated rings. The fourth-order valence-electron chi connectivity index (χ4n) is 2.05. The summed E-state index contributed by atoms with van der Waals surface area (Å²) >= 11 is 0. The number of pyridine rings is 1. The maximum Gasteiger partial charge on any atom is 0.131 e. The van der Waals surface area contributed by atoms with Gasteiger partial charge in [-0.1, -0.05) is 12.1 Å². The lowest BCUT2D eigenvalue weighted by Gasteiger charge is -2.08. The van der Waals surface area contributed by atoms with Crippen molar-refractivity contribution in [3.63, 3.8) is 0 Å². The van der Waals surface area contributed by atoms with Crippen LogP contribution < -0.4 is 5.32 Å². The van der Waals surface area contributed by atoms with Gasteiger partial charge in [0, 0.05) is 35.4 Å². The number of rotatable bonds is 3. The van der Waals surface area contributed by atoms with Gasteiger partial charge >= 0.3 is 0 Å². The molecule has 0 amide bonds. The molecule has 0 bridgehead atoms. The summed E-state index contributed by atoms with van der Waals surface area (Å²) < 4.78 is 26.3. The topological polar surface area (TPSA) is 24.9 Å². The van der Waals surface area contributed by atoms with Crippen LogP contribution in [0.25, 0.3) is 10.9 Å². The van der Waals surface area contributed by atoms with Gasteiger partial charge in [0.1, 0.15) is 11.6 Å². The molecule has 0 spiro atoms. The standard InChI is InChI=1S/C16H12F2N2/c17-13-4-3-12(15(18)9-13)10-20-14-5-6-16-11(8-14)2-1-7-19-16/h1-9,20H,10H2. The van der Waals surface area contributed by atoms with E-state index in [1.807, 2.05) is 30.3 Å². The molecule has 0 radical (unpaired) electrons. The molecule has 1 aromatic heterocycles. The number of hydrogen-bond donors (Lipinski definition) is 1. The average molecular weight is 270 g/mol. The summed E-state index contributed by atoms with van der Waals surface area (Å²) in [5.74, 6) is -1.11. The first-order valence-corrected chi connectivity index (χ1v) is 6.25. The van der Waals surface area contributed by atoms with Crippen LogP contribution >= 0.6 is 0 Å². The van der Waals surface area contributed by atoms with Crippen LogP contribution in [0.15, 0.2) is 54.7 Å². The zero-order valence-corrected chi connectivity index (χ0v) is 10.6. The number of aromatic nitrogens is 1.